The summed E-state index contributed by atoms with van der Waals surface area (Å²) in [6, 6.07) is 12.3. The van der Waals surface area contributed by atoms with E-state index in [4.69, 9.17) is 12.2 Å². The number of benzene rings is 1. The SMILES string of the molecule is Cc1cccc(Cn2c(=S)[nH]c3cc(I)ccc32)n1. The molecule has 1 aromatic carbocycles. The molecule has 0 saturated heterocycles. The molecule has 0 aliphatic heterocycles. The molecule has 19 heavy (non-hydrogen) atoms. The molecule has 0 unspecified atom stereocenters. The summed E-state index contributed by atoms with van der Waals surface area (Å²) in [6.07, 6.45) is 0. The molecule has 2 aromatic heterocycles. The summed E-state index contributed by atoms with van der Waals surface area (Å²) >= 11 is 7.71. The van der Waals surface area contributed by atoms with Gasteiger partial charge in [-0.05, 0) is 72.1 Å². The monoisotopic (exact) mass is 381 g/mol. The van der Waals surface area contributed by atoms with E-state index in [9.17, 15) is 0 Å². The first-order chi connectivity index (χ1) is 9.13. The van der Waals surface area contributed by atoms with Gasteiger partial charge in [-0.3, -0.25) is 4.98 Å². The Labute approximate surface area is 129 Å². The second-order valence-electron chi connectivity index (χ2n) is 4.45. The molecule has 0 bridgehead atoms. The molecule has 1 N–H and O–H groups in total. The number of rotatable bonds is 2. The average molecular weight is 381 g/mol. The Hall–Kier alpha value is -1.21. The van der Waals surface area contributed by atoms with Crippen molar-refractivity contribution in [2.75, 3.05) is 0 Å². The number of imidazole rings is 1. The first-order valence-electron chi connectivity index (χ1n) is 5.94. The molecule has 3 rings (SSSR count). The number of aromatic nitrogens is 3. The van der Waals surface area contributed by atoms with E-state index in [0.29, 0.717) is 6.54 Å². The van der Waals surface area contributed by atoms with Gasteiger partial charge in [0.2, 0.25) is 0 Å². The van der Waals surface area contributed by atoms with Gasteiger partial charge in [0.15, 0.2) is 4.77 Å². The van der Waals surface area contributed by atoms with E-state index in [-0.39, 0.29) is 0 Å². The van der Waals surface area contributed by atoms with Gasteiger partial charge in [-0.2, -0.15) is 0 Å². The van der Waals surface area contributed by atoms with Crippen LogP contribution < -0.4 is 0 Å². The van der Waals surface area contributed by atoms with E-state index in [1.807, 2.05) is 25.1 Å². The van der Waals surface area contributed by atoms with E-state index >= 15 is 0 Å². The molecule has 96 valence electrons. The van der Waals surface area contributed by atoms with Gasteiger partial charge in [-0.1, -0.05) is 6.07 Å². The van der Waals surface area contributed by atoms with Crippen molar-refractivity contribution in [1.29, 1.82) is 0 Å². The third kappa shape index (κ3) is 2.57. The maximum Gasteiger partial charge on any atom is 0.178 e. The smallest absolute Gasteiger partial charge is 0.178 e. The zero-order valence-corrected chi connectivity index (χ0v) is 13.3. The van der Waals surface area contributed by atoms with Gasteiger partial charge >= 0.3 is 0 Å². The van der Waals surface area contributed by atoms with E-state index in [2.05, 4.69) is 55.3 Å². The average Bonchev–Trinajstić information content (AvgIpc) is 2.65. The van der Waals surface area contributed by atoms with Crippen LogP contribution in [-0.2, 0) is 6.54 Å². The summed E-state index contributed by atoms with van der Waals surface area (Å²) in [4.78, 5) is 7.78. The summed E-state index contributed by atoms with van der Waals surface area (Å²) in [7, 11) is 0. The van der Waals surface area contributed by atoms with Crippen LogP contribution in [0.25, 0.3) is 11.0 Å². The molecule has 0 aliphatic carbocycles. The number of aryl methyl sites for hydroxylation is 1. The highest BCUT2D eigenvalue weighted by Gasteiger charge is 2.06. The Kier molecular flexibility index (Phi) is 3.40. The number of nitrogens with zero attached hydrogens (tertiary/aromatic N) is 2. The van der Waals surface area contributed by atoms with Crippen LogP contribution in [0.1, 0.15) is 11.4 Å². The lowest BCUT2D eigenvalue weighted by atomic mass is 10.3. The highest BCUT2D eigenvalue weighted by atomic mass is 127. The van der Waals surface area contributed by atoms with Gasteiger partial charge in [0.1, 0.15) is 0 Å². The number of fused-ring (bicyclic) bond motifs is 1. The molecule has 0 atom stereocenters. The Bertz CT molecular complexity index is 804. The second-order valence-corrected chi connectivity index (χ2v) is 6.08. The Morgan fingerprint density at radius 1 is 1.32 bits per heavy atom. The maximum atomic E-state index is 5.41. The number of hydrogen-bond donors (Lipinski definition) is 1. The van der Waals surface area contributed by atoms with E-state index < -0.39 is 0 Å². The Morgan fingerprint density at radius 2 is 2.16 bits per heavy atom. The fourth-order valence-electron chi connectivity index (χ4n) is 2.14. The number of halogens is 1. The standard InChI is InChI=1S/C14H12IN3S/c1-9-3-2-4-11(16-9)8-18-13-6-5-10(15)7-12(13)17-14(18)19/h2-7H,8H2,1H3,(H,17,19). The number of H-pyrrole nitrogens is 1. The zero-order chi connectivity index (χ0) is 13.4. The summed E-state index contributed by atoms with van der Waals surface area (Å²) < 4.78 is 4.02. The molecule has 0 spiro atoms. The fourth-order valence-corrected chi connectivity index (χ4v) is 2.91. The van der Waals surface area contributed by atoms with Crippen LogP contribution in [0.3, 0.4) is 0 Å². The van der Waals surface area contributed by atoms with Gasteiger partial charge < -0.3 is 9.55 Å². The van der Waals surface area contributed by atoms with Crippen LogP contribution in [0.4, 0.5) is 0 Å². The van der Waals surface area contributed by atoms with Crippen molar-refractivity contribution in [2.24, 2.45) is 0 Å². The summed E-state index contributed by atoms with van der Waals surface area (Å²) in [5.41, 5.74) is 4.24. The minimum atomic E-state index is 0.696. The highest BCUT2D eigenvalue weighted by Crippen LogP contribution is 2.18. The quantitative estimate of drug-likeness (QED) is 0.537. The molecule has 3 aromatic rings. The largest absolute Gasteiger partial charge is 0.331 e. The molecule has 0 amide bonds. The van der Waals surface area contributed by atoms with E-state index in [1.165, 1.54) is 3.57 Å². The van der Waals surface area contributed by atoms with Gasteiger partial charge in [0.05, 0.1) is 23.3 Å². The molecular formula is C14H12IN3S. The third-order valence-corrected chi connectivity index (χ3v) is 4.00. The van der Waals surface area contributed by atoms with Crippen molar-refractivity contribution in [3.05, 3.63) is 56.1 Å². The van der Waals surface area contributed by atoms with Gasteiger partial charge in [0.25, 0.3) is 0 Å². The van der Waals surface area contributed by atoms with Crippen LogP contribution in [0.15, 0.2) is 36.4 Å². The summed E-state index contributed by atoms with van der Waals surface area (Å²) in [6.45, 7) is 2.70. The molecule has 0 radical (unpaired) electrons. The lowest BCUT2D eigenvalue weighted by molar-refractivity contribution is 0.781. The summed E-state index contributed by atoms with van der Waals surface area (Å²) in [5.74, 6) is 0. The predicted octanol–water partition coefficient (Wildman–Crippen LogP) is 4.06. The Morgan fingerprint density at radius 3 is 2.95 bits per heavy atom. The topological polar surface area (TPSA) is 33.6 Å². The molecule has 3 nitrogen and oxygen atoms in total. The maximum absolute atomic E-state index is 5.41. The van der Waals surface area contributed by atoms with Crippen LogP contribution in [0.2, 0.25) is 0 Å². The van der Waals surface area contributed by atoms with Gasteiger partial charge in [-0.15, -0.1) is 0 Å². The van der Waals surface area contributed by atoms with Gasteiger partial charge in [-0.25, -0.2) is 0 Å². The van der Waals surface area contributed by atoms with Crippen LogP contribution in [0, 0.1) is 15.3 Å². The lowest BCUT2D eigenvalue weighted by Crippen LogP contribution is -2.02. The molecule has 5 heteroatoms. The predicted molar refractivity (Wildman–Crippen MR) is 87.9 cm³/mol. The Balaban J connectivity index is 2.10. The van der Waals surface area contributed by atoms with Crippen LogP contribution in [-0.4, -0.2) is 14.5 Å². The minimum Gasteiger partial charge on any atom is -0.331 e. The number of nitrogens with one attached hydrogen (secondary N) is 1. The van der Waals surface area contributed by atoms with Crippen molar-refractivity contribution in [3.63, 3.8) is 0 Å². The second kappa shape index (κ2) is 5.05. The van der Waals surface area contributed by atoms with E-state index in [0.717, 1.165) is 27.2 Å². The zero-order valence-electron chi connectivity index (χ0n) is 10.4. The summed E-state index contributed by atoms with van der Waals surface area (Å²) in [5, 5.41) is 0. The molecule has 0 aliphatic rings. The number of pyridine rings is 1. The minimum absolute atomic E-state index is 0.696. The first-order valence-corrected chi connectivity index (χ1v) is 7.43. The molecule has 0 fully saturated rings. The van der Waals surface area contributed by atoms with Crippen molar-refractivity contribution in [3.8, 4) is 0 Å². The first kappa shape index (κ1) is 12.8. The molecular weight excluding hydrogens is 369 g/mol. The lowest BCUT2D eigenvalue weighted by Gasteiger charge is -2.05. The van der Waals surface area contributed by atoms with Crippen molar-refractivity contribution in [2.45, 2.75) is 13.5 Å². The normalized spacial score (nSPS) is 11.1. The molecule has 0 saturated carbocycles. The van der Waals surface area contributed by atoms with Crippen LogP contribution >= 0.6 is 34.8 Å². The van der Waals surface area contributed by atoms with Gasteiger partial charge in [0, 0.05) is 9.26 Å². The molecule has 2 heterocycles. The fraction of sp³-hybridized carbons (Fsp3) is 0.143. The van der Waals surface area contributed by atoms with E-state index in [1.54, 1.807) is 0 Å². The van der Waals surface area contributed by atoms with Crippen molar-refractivity contribution >= 4 is 45.8 Å². The van der Waals surface area contributed by atoms with Crippen molar-refractivity contribution in [1.82, 2.24) is 14.5 Å². The van der Waals surface area contributed by atoms with Crippen LogP contribution in [0.5, 0.6) is 0 Å². The highest BCUT2D eigenvalue weighted by molar-refractivity contribution is 14.1. The number of aromatic amines is 1. The van der Waals surface area contributed by atoms with Crippen molar-refractivity contribution < 1.29 is 0 Å². The number of hydrogen-bond acceptors (Lipinski definition) is 2. The third-order valence-electron chi connectivity index (χ3n) is 3.00.